The van der Waals surface area contributed by atoms with E-state index in [1.807, 2.05) is 20.8 Å². The number of carboxylic acids is 1. The molecule has 1 aromatic heterocycles. The summed E-state index contributed by atoms with van der Waals surface area (Å²) in [5.74, 6) is -0.788. The second-order valence-electron chi connectivity index (χ2n) is 4.96. The van der Waals surface area contributed by atoms with Crippen molar-refractivity contribution in [3.05, 3.63) is 11.6 Å². The molecule has 8 heteroatoms. The van der Waals surface area contributed by atoms with E-state index in [0.717, 1.165) is 0 Å². The van der Waals surface area contributed by atoms with Crippen LogP contribution in [0.5, 0.6) is 0 Å². The van der Waals surface area contributed by atoms with Gasteiger partial charge in [0.1, 0.15) is 12.4 Å². The van der Waals surface area contributed by atoms with Gasteiger partial charge in [-0.25, -0.2) is 9.78 Å². The van der Waals surface area contributed by atoms with Crippen LogP contribution in [-0.4, -0.2) is 51.9 Å². The Balaban J connectivity index is 2.38. The van der Waals surface area contributed by atoms with Gasteiger partial charge in [-0.3, -0.25) is 9.89 Å². The zero-order valence-electron chi connectivity index (χ0n) is 11.2. The summed E-state index contributed by atoms with van der Waals surface area (Å²) in [6.45, 7) is 5.80. The van der Waals surface area contributed by atoms with Crippen molar-refractivity contribution in [2.24, 2.45) is 0 Å². The summed E-state index contributed by atoms with van der Waals surface area (Å²) in [5.41, 5.74) is -0.212. The topological polar surface area (TPSA) is 117 Å². The number of aromatic amines is 1. The number of amides is 1. The number of aliphatic carboxylic acids is 1. The lowest BCUT2D eigenvalue weighted by Gasteiger charge is -2.12. The van der Waals surface area contributed by atoms with Crippen LogP contribution in [0.3, 0.4) is 0 Å². The van der Waals surface area contributed by atoms with E-state index in [4.69, 9.17) is 9.84 Å². The Morgan fingerprint density at radius 3 is 2.63 bits per heavy atom. The first-order chi connectivity index (χ1) is 8.80. The molecule has 0 aromatic carbocycles. The fourth-order valence-electron chi connectivity index (χ4n) is 1.17. The Morgan fingerprint density at radius 2 is 2.11 bits per heavy atom. The van der Waals surface area contributed by atoms with E-state index < -0.39 is 11.9 Å². The molecule has 19 heavy (non-hydrogen) atoms. The van der Waals surface area contributed by atoms with Gasteiger partial charge < -0.3 is 15.2 Å². The molecule has 1 heterocycles. The van der Waals surface area contributed by atoms with Gasteiger partial charge in [0.15, 0.2) is 0 Å². The molecule has 0 spiro atoms. The number of carbonyl (C=O) groups excluding carboxylic acids is 1. The highest BCUT2D eigenvalue weighted by molar-refractivity contribution is 5.90. The summed E-state index contributed by atoms with van der Waals surface area (Å²) in [7, 11) is 0. The number of carbonyl (C=O) groups is 2. The second-order valence-corrected chi connectivity index (χ2v) is 4.96. The van der Waals surface area contributed by atoms with Crippen LogP contribution in [0.1, 0.15) is 37.2 Å². The van der Waals surface area contributed by atoms with Crippen molar-refractivity contribution in [2.75, 3.05) is 19.8 Å². The number of hydrogen-bond acceptors (Lipinski definition) is 5. The molecular weight excluding hydrogens is 252 g/mol. The summed E-state index contributed by atoms with van der Waals surface area (Å²) in [6, 6.07) is 0. The zero-order chi connectivity index (χ0) is 14.5. The van der Waals surface area contributed by atoms with E-state index in [-0.39, 0.29) is 31.0 Å². The lowest BCUT2D eigenvalue weighted by Crippen LogP contribution is -2.29. The molecule has 0 unspecified atom stereocenters. The van der Waals surface area contributed by atoms with Crippen LogP contribution < -0.4 is 5.32 Å². The van der Waals surface area contributed by atoms with E-state index in [1.54, 1.807) is 0 Å². The maximum atomic E-state index is 11.7. The van der Waals surface area contributed by atoms with Gasteiger partial charge in [-0.15, -0.1) is 5.10 Å². The molecule has 1 aromatic rings. The summed E-state index contributed by atoms with van der Waals surface area (Å²) >= 11 is 0. The third-order valence-corrected chi connectivity index (χ3v) is 2.16. The number of hydrogen-bond donors (Lipinski definition) is 3. The molecule has 1 rings (SSSR count). The van der Waals surface area contributed by atoms with Crippen LogP contribution in [0.15, 0.2) is 0 Å². The zero-order valence-corrected chi connectivity index (χ0v) is 11.2. The maximum Gasteiger partial charge on any atom is 0.329 e. The molecule has 0 bridgehead atoms. The Morgan fingerprint density at radius 1 is 1.42 bits per heavy atom. The smallest absolute Gasteiger partial charge is 0.329 e. The third-order valence-electron chi connectivity index (χ3n) is 2.16. The minimum atomic E-state index is -1.05. The van der Waals surface area contributed by atoms with Crippen LogP contribution in [0.25, 0.3) is 0 Å². The van der Waals surface area contributed by atoms with E-state index >= 15 is 0 Å². The summed E-state index contributed by atoms with van der Waals surface area (Å²) in [6.07, 6.45) is 0. The van der Waals surface area contributed by atoms with Crippen LogP contribution >= 0.6 is 0 Å². The number of ether oxygens (including phenoxy) is 1. The lowest BCUT2D eigenvalue weighted by molar-refractivity contribution is -0.142. The van der Waals surface area contributed by atoms with Crippen LogP contribution in [0.2, 0.25) is 0 Å². The predicted octanol–water partition coefficient (Wildman–Crippen LogP) is -0.0668. The van der Waals surface area contributed by atoms with Gasteiger partial charge in [0.05, 0.1) is 6.61 Å². The molecule has 106 valence electrons. The Labute approximate surface area is 110 Å². The Hall–Kier alpha value is -1.96. The van der Waals surface area contributed by atoms with Gasteiger partial charge in [-0.2, -0.15) is 0 Å². The molecule has 0 atom stereocenters. The van der Waals surface area contributed by atoms with Crippen molar-refractivity contribution in [3.8, 4) is 0 Å². The van der Waals surface area contributed by atoms with Crippen molar-refractivity contribution in [1.29, 1.82) is 0 Å². The quantitative estimate of drug-likeness (QED) is 0.623. The van der Waals surface area contributed by atoms with E-state index in [9.17, 15) is 9.59 Å². The average molecular weight is 270 g/mol. The Kier molecular flexibility index (Phi) is 4.99. The van der Waals surface area contributed by atoms with Crippen molar-refractivity contribution in [1.82, 2.24) is 20.5 Å². The molecule has 3 N–H and O–H groups in total. The first-order valence-electron chi connectivity index (χ1n) is 5.81. The van der Waals surface area contributed by atoms with E-state index in [2.05, 4.69) is 20.5 Å². The fraction of sp³-hybridized carbons (Fsp3) is 0.636. The largest absolute Gasteiger partial charge is 0.480 e. The summed E-state index contributed by atoms with van der Waals surface area (Å²) < 4.78 is 4.78. The highest BCUT2D eigenvalue weighted by atomic mass is 16.5. The average Bonchev–Trinajstić information content (AvgIpc) is 2.76. The van der Waals surface area contributed by atoms with E-state index in [0.29, 0.717) is 5.82 Å². The van der Waals surface area contributed by atoms with Crippen molar-refractivity contribution >= 4 is 11.9 Å². The SMILES string of the molecule is CC(C)(C)c1nc(C(=O)NCCOCC(=O)O)n[nH]1. The summed E-state index contributed by atoms with van der Waals surface area (Å²) in [5, 5.41) is 17.4. The van der Waals surface area contributed by atoms with E-state index in [1.165, 1.54) is 0 Å². The third kappa shape index (κ3) is 5.04. The first kappa shape index (κ1) is 15.1. The molecule has 0 fully saturated rings. The van der Waals surface area contributed by atoms with Crippen LogP contribution in [-0.2, 0) is 14.9 Å². The second kappa shape index (κ2) is 6.28. The molecule has 0 saturated carbocycles. The van der Waals surface area contributed by atoms with Gasteiger partial charge in [-0.1, -0.05) is 20.8 Å². The standard InChI is InChI=1S/C11H18N4O4/c1-11(2,3)10-13-8(14-15-10)9(18)12-4-5-19-6-7(16)17/h4-6H2,1-3H3,(H,12,18)(H,16,17)(H,13,14,15). The van der Waals surface area contributed by atoms with Crippen LogP contribution in [0, 0.1) is 0 Å². The number of rotatable bonds is 6. The van der Waals surface area contributed by atoms with Gasteiger partial charge in [-0.05, 0) is 0 Å². The molecule has 0 aliphatic heterocycles. The summed E-state index contributed by atoms with van der Waals surface area (Å²) in [4.78, 5) is 25.9. The Bertz CT molecular complexity index is 450. The molecule has 0 saturated heterocycles. The van der Waals surface area contributed by atoms with Gasteiger partial charge in [0, 0.05) is 12.0 Å². The molecule has 0 aliphatic carbocycles. The number of nitrogens with zero attached hydrogens (tertiary/aromatic N) is 2. The van der Waals surface area contributed by atoms with Gasteiger partial charge in [0.2, 0.25) is 5.82 Å². The molecule has 0 aliphatic rings. The van der Waals surface area contributed by atoms with Crippen LogP contribution in [0.4, 0.5) is 0 Å². The molecule has 8 nitrogen and oxygen atoms in total. The first-order valence-corrected chi connectivity index (χ1v) is 5.81. The molecule has 0 radical (unpaired) electrons. The molecule has 1 amide bonds. The van der Waals surface area contributed by atoms with Crippen molar-refractivity contribution in [3.63, 3.8) is 0 Å². The number of nitrogens with one attached hydrogen (secondary N) is 2. The minimum Gasteiger partial charge on any atom is -0.480 e. The number of aromatic nitrogens is 3. The van der Waals surface area contributed by atoms with Gasteiger partial charge in [0.25, 0.3) is 5.91 Å². The monoisotopic (exact) mass is 270 g/mol. The fourth-order valence-corrected chi connectivity index (χ4v) is 1.17. The highest BCUT2D eigenvalue weighted by Crippen LogP contribution is 2.17. The van der Waals surface area contributed by atoms with Gasteiger partial charge >= 0.3 is 5.97 Å². The molecular formula is C11H18N4O4. The van der Waals surface area contributed by atoms with Crippen molar-refractivity contribution in [2.45, 2.75) is 26.2 Å². The maximum absolute atomic E-state index is 11.7. The lowest BCUT2D eigenvalue weighted by atomic mass is 9.96. The minimum absolute atomic E-state index is 0.0585. The normalized spacial score (nSPS) is 11.3. The highest BCUT2D eigenvalue weighted by Gasteiger charge is 2.20. The predicted molar refractivity (Wildman–Crippen MR) is 65.9 cm³/mol. The number of H-pyrrole nitrogens is 1. The van der Waals surface area contributed by atoms with Crippen molar-refractivity contribution < 1.29 is 19.4 Å². The number of carboxylic acid groups (broad SMARTS) is 1.